The average Bonchev–Trinajstić information content (AvgIpc) is 2.56. The van der Waals surface area contributed by atoms with Crippen molar-refractivity contribution in [2.24, 2.45) is 0 Å². The number of pyridine rings is 1. The number of aromatic nitrogens is 4. The first-order valence-corrected chi connectivity index (χ1v) is 4.11. The molecule has 2 heterocycles. The molecule has 2 rings (SSSR count). The van der Waals surface area contributed by atoms with E-state index < -0.39 is 0 Å². The zero-order chi connectivity index (χ0) is 8.39. The minimum Gasteiger partial charge on any atom is -0.287 e. The van der Waals surface area contributed by atoms with Gasteiger partial charge in [-0.2, -0.15) is 0 Å². The van der Waals surface area contributed by atoms with Gasteiger partial charge in [0.2, 0.25) is 0 Å². The molecule has 4 nitrogen and oxygen atoms in total. The molecule has 0 unspecified atom stereocenters. The Kier molecular flexibility index (Phi) is 1.87. The summed E-state index contributed by atoms with van der Waals surface area (Å²) in [7, 11) is 0. The molecule has 0 fully saturated rings. The van der Waals surface area contributed by atoms with Gasteiger partial charge in [0.15, 0.2) is 0 Å². The number of hydrogen-bond donors (Lipinski definition) is 0. The SMILES string of the molecule is Brc1cncc(-n2cnnc2)c1. The van der Waals surface area contributed by atoms with Crippen LogP contribution in [0.15, 0.2) is 35.6 Å². The van der Waals surface area contributed by atoms with Crippen LogP contribution in [0.1, 0.15) is 0 Å². The van der Waals surface area contributed by atoms with Crippen molar-refractivity contribution in [2.45, 2.75) is 0 Å². The molecule has 0 aliphatic heterocycles. The summed E-state index contributed by atoms with van der Waals surface area (Å²) in [5.41, 5.74) is 0.939. The van der Waals surface area contributed by atoms with E-state index in [1.165, 1.54) is 0 Å². The van der Waals surface area contributed by atoms with E-state index >= 15 is 0 Å². The monoisotopic (exact) mass is 224 g/mol. The van der Waals surface area contributed by atoms with Crippen molar-refractivity contribution in [1.29, 1.82) is 0 Å². The van der Waals surface area contributed by atoms with Gasteiger partial charge in [-0.1, -0.05) is 0 Å². The van der Waals surface area contributed by atoms with E-state index in [0.29, 0.717) is 0 Å². The molecule has 2 aromatic rings. The van der Waals surface area contributed by atoms with Gasteiger partial charge in [-0.15, -0.1) is 10.2 Å². The van der Waals surface area contributed by atoms with Crippen LogP contribution in [0.4, 0.5) is 0 Å². The summed E-state index contributed by atoms with van der Waals surface area (Å²) in [5, 5.41) is 7.40. The fourth-order valence-corrected chi connectivity index (χ4v) is 1.23. The van der Waals surface area contributed by atoms with Crippen LogP contribution in [0.2, 0.25) is 0 Å². The van der Waals surface area contributed by atoms with Gasteiger partial charge < -0.3 is 0 Å². The number of rotatable bonds is 1. The Bertz CT molecular complexity index is 371. The first kappa shape index (κ1) is 7.42. The van der Waals surface area contributed by atoms with Gasteiger partial charge >= 0.3 is 0 Å². The molecule has 60 valence electrons. The molecule has 0 aliphatic carbocycles. The van der Waals surface area contributed by atoms with E-state index in [1.54, 1.807) is 29.6 Å². The van der Waals surface area contributed by atoms with E-state index in [1.807, 2.05) is 6.07 Å². The van der Waals surface area contributed by atoms with Gasteiger partial charge in [0.1, 0.15) is 12.7 Å². The van der Waals surface area contributed by atoms with Crippen LogP contribution >= 0.6 is 15.9 Å². The van der Waals surface area contributed by atoms with Gasteiger partial charge in [-0.05, 0) is 22.0 Å². The minimum absolute atomic E-state index is 0.939. The summed E-state index contributed by atoms with van der Waals surface area (Å²) >= 11 is 3.33. The Morgan fingerprint density at radius 3 is 2.58 bits per heavy atom. The highest BCUT2D eigenvalue weighted by molar-refractivity contribution is 9.10. The van der Waals surface area contributed by atoms with Crippen molar-refractivity contribution in [3.63, 3.8) is 0 Å². The van der Waals surface area contributed by atoms with Crippen LogP contribution in [-0.4, -0.2) is 19.7 Å². The summed E-state index contributed by atoms with van der Waals surface area (Å²) < 4.78 is 2.73. The molecule has 0 saturated carbocycles. The van der Waals surface area contributed by atoms with Gasteiger partial charge in [-0.3, -0.25) is 9.55 Å². The summed E-state index contributed by atoms with van der Waals surface area (Å²) in [4.78, 5) is 4.02. The fraction of sp³-hybridized carbons (Fsp3) is 0. The van der Waals surface area contributed by atoms with Crippen molar-refractivity contribution >= 4 is 15.9 Å². The zero-order valence-electron chi connectivity index (χ0n) is 6.05. The van der Waals surface area contributed by atoms with Crippen LogP contribution in [0.3, 0.4) is 0 Å². The van der Waals surface area contributed by atoms with E-state index in [9.17, 15) is 0 Å². The third kappa shape index (κ3) is 1.35. The molecule has 0 spiro atoms. The van der Waals surface area contributed by atoms with E-state index in [2.05, 4.69) is 31.1 Å². The predicted molar refractivity (Wildman–Crippen MR) is 46.9 cm³/mol. The van der Waals surface area contributed by atoms with E-state index in [-0.39, 0.29) is 0 Å². The number of nitrogens with zero attached hydrogens (tertiary/aromatic N) is 4. The lowest BCUT2D eigenvalue weighted by Crippen LogP contribution is -1.90. The Balaban J connectivity index is 2.48. The molecule has 5 heteroatoms. The van der Waals surface area contributed by atoms with Gasteiger partial charge in [0.05, 0.1) is 11.9 Å². The van der Waals surface area contributed by atoms with Crippen molar-refractivity contribution in [3.05, 3.63) is 35.6 Å². The first-order chi connectivity index (χ1) is 5.86. The fourth-order valence-electron chi connectivity index (χ4n) is 0.876. The van der Waals surface area contributed by atoms with Crippen molar-refractivity contribution in [1.82, 2.24) is 19.7 Å². The molecule has 0 atom stereocenters. The second kappa shape index (κ2) is 3.02. The van der Waals surface area contributed by atoms with Crippen LogP contribution < -0.4 is 0 Å². The Morgan fingerprint density at radius 1 is 1.17 bits per heavy atom. The number of halogens is 1. The maximum absolute atomic E-state index is 4.02. The quantitative estimate of drug-likeness (QED) is 0.737. The normalized spacial score (nSPS) is 10.1. The molecule has 0 bridgehead atoms. The molecule has 2 aromatic heterocycles. The third-order valence-electron chi connectivity index (χ3n) is 1.41. The Labute approximate surface area is 77.4 Å². The van der Waals surface area contributed by atoms with Crippen LogP contribution in [0.5, 0.6) is 0 Å². The summed E-state index contributed by atoms with van der Waals surface area (Å²) in [6.07, 6.45) is 6.73. The topological polar surface area (TPSA) is 43.6 Å². The smallest absolute Gasteiger partial charge is 0.123 e. The lowest BCUT2D eigenvalue weighted by molar-refractivity contribution is 1.03. The molecule has 0 aromatic carbocycles. The molecule has 0 amide bonds. The summed E-state index contributed by atoms with van der Waals surface area (Å²) in [5.74, 6) is 0. The van der Waals surface area contributed by atoms with E-state index in [4.69, 9.17) is 0 Å². The van der Waals surface area contributed by atoms with Crippen molar-refractivity contribution < 1.29 is 0 Å². The van der Waals surface area contributed by atoms with E-state index in [0.717, 1.165) is 10.2 Å². The zero-order valence-corrected chi connectivity index (χ0v) is 7.64. The molecule has 0 N–H and O–H groups in total. The molecular formula is C7H5BrN4. The highest BCUT2D eigenvalue weighted by atomic mass is 79.9. The summed E-state index contributed by atoms with van der Waals surface area (Å²) in [6.45, 7) is 0. The number of hydrogen-bond acceptors (Lipinski definition) is 3. The van der Waals surface area contributed by atoms with Crippen molar-refractivity contribution in [2.75, 3.05) is 0 Å². The Morgan fingerprint density at radius 2 is 1.92 bits per heavy atom. The van der Waals surface area contributed by atoms with Crippen molar-refractivity contribution in [3.8, 4) is 5.69 Å². The van der Waals surface area contributed by atoms with Gasteiger partial charge in [0.25, 0.3) is 0 Å². The first-order valence-electron chi connectivity index (χ1n) is 3.32. The lowest BCUT2D eigenvalue weighted by atomic mass is 10.4. The lowest BCUT2D eigenvalue weighted by Gasteiger charge is -1.98. The van der Waals surface area contributed by atoms with Crippen LogP contribution in [0, 0.1) is 0 Å². The van der Waals surface area contributed by atoms with Crippen LogP contribution in [0.25, 0.3) is 5.69 Å². The molecule has 0 saturated heterocycles. The van der Waals surface area contributed by atoms with Crippen LogP contribution in [-0.2, 0) is 0 Å². The highest BCUT2D eigenvalue weighted by Gasteiger charge is 1.95. The molecule has 0 radical (unpaired) electrons. The molecule has 0 aliphatic rings. The second-order valence-electron chi connectivity index (χ2n) is 2.23. The highest BCUT2D eigenvalue weighted by Crippen LogP contribution is 2.12. The third-order valence-corrected chi connectivity index (χ3v) is 1.84. The second-order valence-corrected chi connectivity index (χ2v) is 3.15. The van der Waals surface area contributed by atoms with Gasteiger partial charge in [-0.25, -0.2) is 0 Å². The van der Waals surface area contributed by atoms with Gasteiger partial charge in [0, 0.05) is 10.7 Å². The minimum atomic E-state index is 0.939. The summed E-state index contributed by atoms with van der Waals surface area (Å²) in [6, 6.07) is 1.94. The standard InChI is InChI=1S/C7H5BrN4/c8-6-1-7(3-9-2-6)12-4-10-11-5-12/h1-5H. The maximum Gasteiger partial charge on any atom is 0.123 e. The maximum atomic E-state index is 4.02. The average molecular weight is 225 g/mol. The Hall–Kier alpha value is -1.23. The molecule has 12 heavy (non-hydrogen) atoms. The largest absolute Gasteiger partial charge is 0.287 e. The molecular weight excluding hydrogens is 220 g/mol. The predicted octanol–water partition coefficient (Wildman–Crippen LogP) is 1.42.